The zero-order valence-electron chi connectivity index (χ0n) is 8.95. The van der Waals surface area contributed by atoms with Crippen LogP contribution in [0.15, 0.2) is 0 Å². The van der Waals surface area contributed by atoms with Gasteiger partial charge in [-0.15, -0.1) is 0 Å². The minimum atomic E-state index is 0.434. The average molecular weight is 182 g/mol. The Morgan fingerprint density at radius 2 is 2.15 bits per heavy atom. The predicted octanol–water partition coefficient (Wildman–Crippen LogP) is 1.52. The summed E-state index contributed by atoms with van der Waals surface area (Å²) in [5.74, 6) is 0. The van der Waals surface area contributed by atoms with Crippen LogP contribution in [0.1, 0.15) is 39.5 Å². The van der Waals surface area contributed by atoms with Gasteiger partial charge in [0, 0.05) is 24.0 Å². The van der Waals surface area contributed by atoms with Crippen molar-refractivity contribution < 1.29 is 0 Å². The fourth-order valence-electron chi connectivity index (χ4n) is 3.07. The third-order valence-corrected chi connectivity index (χ3v) is 4.19. The van der Waals surface area contributed by atoms with Crippen molar-refractivity contribution in [2.24, 2.45) is 5.41 Å². The zero-order chi connectivity index (χ0) is 9.36. The van der Waals surface area contributed by atoms with Crippen molar-refractivity contribution in [1.29, 1.82) is 0 Å². The number of nitrogens with one attached hydrogen (secondary N) is 2. The molecule has 2 aliphatic heterocycles. The van der Waals surface area contributed by atoms with Gasteiger partial charge >= 0.3 is 0 Å². The molecule has 13 heavy (non-hydrogen) atoms. The molecule has 2 heterocycles. The van der Waals surface area contributed by atoms with E-state index >= 15 is 0 Å². The van der Waals surface area contributed by atoms with E-state index in [2.05, 4.69) is 24.5 Å². The van der Waals surface area contributed by atoms with Crippen molar-refractivity contribution in [3.63, 3.8) is 0 Å². The molecule has 0 aliphatic carbocycles. The van der Waals surface area contributed by atoms with Gasteiger partial charge in [0.15, 0.2) is 0 Å². The van der Waals surface area contributed by atoms with Gasteiger partial charge in [0.2, 0.25) is 0 Å². The summed E-state index contributed by atoms with van der Waals surface area (Å²) in [6, 6.07) is 0. The second kappa shape index (κ2) is 3.25. The van der Waals surface area contributed by atoms with Crippen LogP contribution in [0.25, 0.3) is 0 Å². The standard InChI is InChI=1S/C11H22N2/c1-3-4-5-11-9-12-8-10(11,2)6-7-13-11/h12-13H,3-9H2,1-2H3. The summed E-state index contributed by atoms with van der Waals surface area (Å²) in [6.07, 6.45) is 5.39. The van der Waals surface area contributed by atoms with Crippen LogP contribution in [0.3, 0.4) is 0 Å². The van der Waals surface area contributed by atoms with Crippen LogP contribution in [-0.2, 0) is 0 Å². The van der Waals surface area contributed by atoms with E-state index in [4.69, 9.17) is 0 Å². The number of rotatable bonds is 3. The number of hydrogen-bond acceptors (Lipinski definition) is 2. The van der Waals surface area contributed by atoms with Gasteiger partial charge < -0.3 is 10.6 Å². The molecule has 2 fully saturated rings. The maximum absolute atomic E-state index is 3.74. The number of hydrogen-bond donors (Lipinski definition) is 2. The van der Waals surface area contributed by atoms with Crippen LogP contribution in [0, 0.1) is 5.41 Å². The van der Waals surface area contributed by atoms with E-state index in [0.717, 1.165) is 0 Å². The first-order valence-electron chi connectivity index (χ1n) is 5.68. The van der Waals surface area contributed by atoms with E-state index in [1.165, 1.54) is 45.3 Å². The summed E-state index contributed by atoms with van der Waals surface area (Å²) >= 11 is 0. The van der Waals surface area contributed by atoms with Gasteiger partial charge in [0.1, 0.15) is 0 Å². The highest BCUT2D eigenvalue weighted by Gasteiger charge is 2.53. The topological polar surface area (TPSA) is 24.1 Å². The molecule has 0 radical (unpaired) electrons. The van der Waals surface area contributed by atoms with E-state index in [1.807, 2.05) is 0 Å². The van der Waals surface area contributed by atoms with Crippen molar-refractivity contribution in [3.05, 3.63) is 0 Å². The van der Waals surface area contributed by atoms with Gasteiger partial charge in [-0.1, -0.05) is 26.7 Å². The second-order valence-electron chi connectivity index (χ2n) is 5.03. The molecule has 0 saturated carbocycles. The SMILES string of the molecule is CCCCC12CNCC1(C)CCN2. The monoisotopic (exact) mass is 182 g/mol. The minimum absolute atomic E-state index is 0.434. The van der Waals surface area contributed by atoms with Crippen LogP contribution >= 0.6 is 0 Å². The van der Waals surface area contributed by atoms with Crippen molar-refractivity contribution in [2.75, 3.05) is 19.6 Å². The van der Waals surface area contributed by atoms with Gasteiger partial charge in [0.25, 0.3) is 0 Å². The van der Waals surface area contributed by atoms with E-state index in [-0.39, 0.29) is 0 Å². The molecule has 2 heteroatoms. The molecule has 76 valence electrons. The lowest BCUT2D eigenvalue weighted by Crippen LogP contribution is -2.50. The largest absolute Gasteiger partial charge is 0.314 e. The van der Waals surface area contributed by atoms with Crippen LogP contribution in [0.2, 0.25) is 0 Å². The lowest BCUT2D eigenvalue weighted by Gasteiger charge is -2.36. The van der Waals surface area contributed by atoms with E-state index in [0.29, 0.717) is 11.0 Å². The molecule has 0 bridgehead atoms. The molecule has 0 spiro atoms. The van der Waals surface area contributed by atoms with Crippen molar-refractivity contribution >= 4 is 0 Å². The van der Waals surface area contributed by atoms with Crippen molar-refractivity contribution in [3.8, 4) is 0 Å². The maximum Gasteiger partial charge on any atom is 0.0372 e. The Morgan fingerprint density at radius 3 is 2.92 bits per heavy atom. The van der Waals surface area contributed by atoms with Crippen LogP contribution < -0.4 is 10.6 Å². The molecular formula is C11H22N2. The van der Waals surface area contributed by atoms with E-state index < -0.39 is 0 Å². The lowest BCUT2D eigenvalue weighted by molar-refractivity contribution is 0.209. The summed E-state index contributed by atoms with van der Waals surface area (Å²) in [5, 5.41) is 7.30. The Balaban J connectivity index is 2.09. The molecule has 0 aromatic heterocycles. The molecule has 2 unspecified atom stereocenters. The summed E-state index contributed by atoms with van der Waals surface area (Å²) in [6.45, 7) is 8.35. The fourth-order valence-corrected chi connectivity index (χ4v) is 3.07. The maximum atomic E-state index is 3.74. The Kier molecular flexibility index (Phi) is 2.37. The molecule has 2 N–H and O–H groups in total. The molecular weight excluding hydrogens is 160 g/mol. The van der Waals surface area contributed by atoms with E-state index in [1.54, 1.807) is 0 Å². The van der Waals surface area contributed by atoms with Crippen molar-refractivity contribution in [2.45, 2.75) is 45.1 Å². The van der Waals surface area contributed by atoms with Crippen LogP contribution in [0.5, 0.6) is 0 Å². The number of unbranched alkanes of at least 4 members (excludes halogenated alkanes) is 1. The smallest absolute Gasteiger partial charge is 0.0372 e. The summed E-state index contributed by atoms with van der Waals surface area (Å²) in [7, 11) is 0. The highest BCUT2D eigenvalue weighted by Crippen LogP contribution is 2.44. The summed E-state index contributed by atoms with van der Waals surface area (Å²) < 4.78 is 0. The summed E-state index contributed by atoms with van der Waals surface area (Å²) in [4.78, 5) is 0. The van der Waals surface area contributed by atoms with E-state index in [9.17, 15) is 0 Å². The van der Waals surface area contributed by atoms with Gasteiger partial charge in [-0.25, -0.2) is 0 Å². The molecule has 2 aliphatic rings. The zero-order valence-corrected chi connectivity index (χ0v) is 8.95. The molecule has 0 aromatic carbocycles. The molecule has 2 nitrogen and oxygen atoms in total. The van der Waals surface area contributed by atoms with Gasteiger partial charge in [0.05, 0.1) is 0 Å². The third kappa shape index (κ3) is 1.31. The molecule has 2 rings (SSSR count). The van der Waals surface area contributed by atoms with Crippen LogP contribution in [-0.4, -0.2) is 25.2 Å². The lowest BCUT2D eigenvalue weighted by atomic mass is 9.72. The highest BCUT2D eigenvalue weighted by molar-refractivity contribution is 5.13. The molecule has 0 amide bonds. The highest BCUT2D eigenvalue weighted by atomic mass is 15.1. The first-order chi connectivity index (χ1) is 6.22. The first-order valence-corrected chi connectivity index (χ1v) is 5.68. The quantitative estimate of drug-likeness (QED) is 0.691. The fraction of sp³-hybridized carbons (Fsp3) is 1.00. The second-order valence-corrected chi connectivity index (χ2v) is 5.03. The van der Waals surface area contributed by atoms with Gasteiger partial charge in [-0.2, -0.15) is 0 Å². The Morgan fingerprint density at radius 1 is 1.31 bits per heavy atom. The first kappa shape index (κ1) is 9.47. The van der Waals surface area contributed by atoms with Gasteiger partial charge in [-0.3, -0.25) is 0 Å². The normalized spacial score (nSPS) is 43.8. The Labute approximate surface area is 81.5 Å². The van der Waals surface area contributed by atoms with Crippen LogP contribution in [0.4, 0.5) is 0 Å². The Bertz CT molecular complexity index is 179. The molecule has 2 atom stereocenters. The predicted molar refractivity (Wildman–Crippen MR) is 55.9 cm³/mol. The minimum Gasteiger partial charge on any atom is -0.314 e. The Hall–Kier alpha value is -0.0800. The molecule has 2 saturated heterocycles. The number of fused-ring (bicyclic) bond motifs is 1. The molecule has 0 aromatic rings. The van der Waals surface area contributed by atoms with Gasteiger partial charge in [-0.05, 0) is 19.4 Å². The summed E-state index contributed by atoms with van der Waals surface area (Å²) in [5.41, 5.74) is 0.963. The van der Waals surface area contributed by atoms with Crippen molar-refractivity contribution in [1.82, 2.24) is 10.6 Å². The third-order valence-electron chi connectivity index (χ3n) is 4.19. The average Bonchev–Trinajstić information content (AvgIpc) is 2.54.